The summed E-state index contributed by atoms with van der Waals surface area (Å²) in [6.07, 6.45) is 5.20. The summed E-state index contributed by atoms with van der Waals surface area (Å²) in [7, 11) is 0. The zero-order valence-electron chi connectivity index (χ0n) is 16.2. The molecule has 0 amide bonds. The number of aromatic nitrogens is 5. The molecule has 6 rings (SSSR count). The van der Waals surface area contributed by atoms with Crippen molar-refractivity contribution in [2.24, 2.45) is 0 Å². The first kappa shape index (κ1) is 17.1. The number of hydrogen-bond donors (Lipinski definition) is 2. The molecule has 0 atom stereocenters. The van der Waals surface area contributed by atoms with E-state index in [9.17, 15) is 0 Å². The molecule has 0 aliphatic rings. The van der Waals surface area contributed by atoms with E-state index in [0.717, 1.165) is 38.9 Å². The smallest absolute Gasteiger partial charge is 0.116 e. The van der Waals surface area contributed by atoms with Gasteiger partial charge in [-0.1, -0.05) is 18.2 Å². The number of benzene rings is 2. The first-order valence-electron chi connectivity index (χ1n) is 9.69. The molecule has 144 valence electrons. The number of H-pyrrole nitrogens is 2. The van der Waals surface area contributed by atoms with Crippen molar-refractivity contribution in [3.8, 4) is 33.0 Å². The van der Waals surface area contributed by atoms with Gasteiger partial charge in [0, 0.05) is 49.6 Å². The third-order valence-corrected chi connectivity index (χ3v) is 6.42. The number of rotatable bonds is 3. The molecule has 0 unspecified atom stereocenters. The Labute approximate surface area is 176 Å². The summed E-state index contributed by atoms with van der Waals surface area (Å²) in [4.78, 5) is 14.4. The van der Waals surface area contributed by atoms with Gasteiger partial charge in [-0.3, -0.25) is 5.10 Å². The molecule has 30 heavy (non-hydrogen) atoms. The number of thiophene rings is 1. The molecule has 6 aromatic rings. The summed E-state index contributed by atoms with van der Waals surface area (Å²) < 4.78 is 0. The Morgan fingerprint density at radius 1 is 0.833 bits per heavy atom. The first-order valence-corrected chi connectivity index (χ1v) is 10.5. The second-order valence-corrected chi connectivity index (χ2v) is 8.61. The standard InChI is InChI=1S/C24H17N5S/c1-14-5-8-23(30-14)17-3-2-4-20-18(17)10-22(27-20)24-19-9-15(6-7-21(19)28-29-24)16-11-25-13-26-12-16/h2-13,27H,1H3,(H,28,29). The van der Waals surface area contributed by atoms with Crippen molar-refractivity contribution >= 4 is 33.1 Å². The van der Waals surface area contributed by atoms with Crippen molar-refractivity contribution in [2.45, 2.75) is 6.92 Å². The second-order valence-electron chi connectivity index (χ2n) is 7.32. The van der Waals surface area contributed by atoms with Gasteiger partial charge in [-0.05, 0) is 48.9 Å². The molecular weight excluding hydrogens is 390 g/mol. The van der Waals surface area contributed by atoms with Crippen LogP contribution >= 0.6 is 11.3 Å². The highest BCUT2D eigenvalue weighted by molar-refractivity contribution is 7.15. The molecular formula is C24H17N5S. The van der Waals surface area contributed by atoms with Gasteiger partial charge in [0.1, 0.15) is 12.0 Å². The van der Waals surface area contributed by atoms with Gasteiger partial charge in [-0.2, -0.15) is 5.10 Å². The summed E-state index contributed by atoms with van der Waals surface area (Å²) in [5, 5.41) is 10.1. The van der Waals surface area contributed by atoms with Crippen LogP contribution in [0.1, 0.15) is 4.88 Å². The number of nitrogens with zero attached hydrogens (tertiary/aromatic N) is 3. The van der Waals surface area contributed by atoms with Crippen LogP contribution in [-0.4, -0.2) is 25.1 Å². The van der Waals surface area contributed by atoms with E-state index >= 15 is 0 Å². The lowest BCUT2D eigenvalue weighted by Crippen LogP contribution is -1.83. The van der Waals surface area contributed by atoms with Gasteiger partial charge < -0.3 is 4.98 Å². The van der Waals surface area contributed by atoms with Crippen LogP contribution in [0.2, 0.25) is 0 Å². The predicted octanol–water partition coefficient (Wildman–Crippen LogP) is 6.21. The Balaban J connectivity index is 1.52. The third-order valence-electron chi connectivity index (χ3n) is 5.38. The quantitative estimate of drug-likeness (QED) is 0.367. The second kappa shape index (κ2) is 6.64. The molecule has 6 heteroatoms. The zero-order valence-corrected chi connectivity index (χ0v) is 17.0. The summed E-state index contributed by atoms with van der Waals surface area (Å²) in [5.41, 5.74) is 7.31. The maximum Gasteiger partial charge on any atom is 0.116 e. The maximum atomic E-state index is 4.62. The molecule has 2 aromatic carbocycles. The van der Waals surface area contributed by atoms with Crippen LogP contribution in [0.25, 0.3) is 54.8 Å². The lowest BCUT2D eigenvalue weighted by atomic mass is 10.0. The van der Waals surface area contributed by atoms with E-state index in [1.165, 1.54) is 20.7 Å². The lowest BCUT2D eigenvalue weighted by Gasteiger charge is -2.01. The van der Waals surface area contributed by atoms with Crippen molar-refractivity contribution in [1.29, 1.82) is 0 Å². The molecule has 0 aliphatic carbocycles. The highest BCUT2D eigenvalue weighted by Crippen LogP contribution is 2.37. The van der Waals surface area contributed by atoms with Crippen LogP contribution in [-0.2, 0) is 0 Å². The average molecular weight is 408 g/mol. The Kier molecular flexibility index (Phi) is 3.79. The van der Waals surface area contributed by atoms with Crippen molar-refractivity contribution in [3.05, 3.63) is 78.2 Å². The first-order chi connectivity index (χ1) is 14.8. The van der Waals surface area contributed by atoms with Crippen LogP contribution in [0.3, 0.4) is 0 Å². The van der Waals surface area contributed by atoms with Gasteiger partial charge in [0.05, 0.1) is 11.2 Å². The number of aromatic amines is 2. The molecule has 0 saturated carbocycles. The SMILES string of the molecule is Cc1ccc(-c2cccc3[nH]c(-c4n[nH]c5ccc(-c6cncnc6)cc45)cc23)s1. The molecule has 4 heterocycles. The van der Waals surface area contributed by atoms with Gasteiger partial charge in [-0.15, -0.1) is 11.3 Å². The van der Waals surface area contributed by atoms with E-state index in [0.29, 0.717) is 0 Å². The maximum absolute atomic E-state index is 4.62. The number of aryl methyl sites for hydroxylation is 1. The van der Waals surface area contributed by atoms with E-state index < -0.39 is 0 Å². The van der Waals surface area contributed by atoms with Gasteiger partial charge in [0.25, 0.3) is 0 Å². The average Bonchev–Trinajstić information content (AvgIpc) is 3.51. The van der Waals surface area contributed by atoms with Crippen molar-refractivity contribution in [2.75, 3.05) is 0 Å². The highest BCUT2D eigenvalue weighted by Gasteiger charge is 2.14. The summed E-state index contributed by atoms with van der Waals surface area (Å²) in [6, 6.07) is 19.2. The molecule has 0 aliphatic heterocycles. The topological polar surface area (TPSA) is 70.2 Å². The molecule has 4 aromatic heterocycles. The molecule has 0 saturated heterocycles. The minimum atomic E-state index is 0.910. The minimum Gasteiger partial charge on any atom is -0.353 e. The van der Waals surface area contributed by atoms with Crippen molar-refractivity contribution < 1.29 is 0 Å². The van der Waals surface area contributed by atoms with E-state index in [2.05, 4.69) is 86.7 Å². The largest absolute Gasteiger partial charge is 0.353 e. The fourth-order valence-corrected chi connectivity index (χ4v) is 4.83. The van der Waals surface area contributed by atoms with Crippen LogP contribution in [0.5, 0.6) is 0 Å². The zero-order chi connectivity index (χ0) is 20.1. The van der Waals surface area contributed by atoms with E-state index in [4.69, 9.17) is 0 Å². The Morgan fingerprint density at radius 2 is 1.73 bits per heavy atom. The summed E-state index contributed by atoms with van der Waals surface area (Å²) in [5.74, 6) is 0. The van der Waals surface area contributed by atoms with Crippen LogP contribution in [0, 0.1) is 6.92 Å². The molecule has 2 N–H and O–H groups in total. The van der Waals surface area contributed by atoms with Crippen LogP contribution in [0.15, 0.2) is 73.3 Å². The third kappa shape index (κ3) is 2.73. The number of hydrogen-bond acceptors (Lipinski definition) is 4. The fourth-order valence-electron chi connectivity index (χ4n) is 3.92. The van der Waals surface area contributed by atoms with E-state index in [1.54, 1.807) is 6.33 Å². The summed E-state index contributed by atoms with van der Waals surface area (Å²) in [6.45, 7) is 2.14. The number of nitrogens with one attached hydrogen (secondary N) is 2. The normalized spacial score (nSPS) is 11.5. The minimum absolute atomic E-state index is 0.910. The molecule has 0 spiro atoms. The number of fused-ring (bicyclic) bond motifs is 2. The predicted molar refractivity (Wildman–Crippen MR) is 122 cm³/mol. The van der Waals surface area contributed by atoms with E-state index in [1.807, 2.05) is 23.7 Å². The molecule has 0 radical (unpaired) electrons. The lowest BCUT2D eigenvalue weighted by molar-refractivity contribution is 1.12. The highest BCUT2D eigenvalue weighted by atomic mass is 32.1. The fraction of sp³-hybridized carbons (Fsp3) is 0.0417. The van der Waals surface area contributed by atoms with Gasteiger partial charge in [-0.25, -0.2) is 9.97 Å². The van der Waals surface area contributed by atoms with Crippen LogP contribution in [0.4, 0.5) is 0 Å². The Morgan fingerprint density at radius 3 is 2.57 bits per heavy atom. The molecule has 0 bridgehead atoms. The van der Waals surface area contributed by atoms with Gasteiger partial charge in [0.2, 0.25) is 0 Å². The summed E-state index contributed by atoms with van der Waals surface area (Å²) >= 11 is 1.82. The van der Waals surface area contributed by atoms with Gasteiger partial charge in [0.15, 0.2) is 0 Å². The van der Waals surface area contributed by atoms with Crippen molar-refractivity contribution in [3.63, 3.8) is 0 Å². The van der Waals surface area contributed by atoms with Crippen molar-refractivity contribution in [1.82, 2.24) is 25.1 Å². The Bertz CT molecular complexity index is 1510. The monoisotopic (exact) mass is 407 g/mol. The van der Waals surface area contributed by atoms with Crippen LogP contribution < -0.4 is 0 Å². The molecule has 5 nitrogen and oxygen atoms in total. The Hall–Kier alpha value is -3.77. The molecule has 0 fully saturated rings. The van der Waals surface area contributed by atoms with Gasteiger partial charge >= 0.3 is 0 Å². The van der Waals surface area contributed by atoms with E-state index in [-0.39, 0.29) is 0 Å².